The van der Waals surface area contributed by atoms with Crippen LogP contribution in [-0.2, 0) is 11.8 Å². The summed E-state index contributed by atoms with van der Waals surface area (Å²) in [5, 5.41) is 13.0. The predicted molar refractivity (Wildman–Crippen MR) is 377 cm³/mol. The molecule has 0 nitrogen and oxygen atoms in total. The Morgan fingerprint density at radius 3 is 1.27 bits per heavy atom. The van der Waals surface area contributed by atoms with Crippen LogP contribution in [0.25, 0.3) is 56.4 Å². The first-order chi connectivity index (χ1) is 36.1. The van der Waals surface area contributed by atoms with E-state index in [2.05, 4.69) is 170 Å². The van der Waals surface area contributed by atoms with Crippen molar-refractivity contribution in [3.63, 3.8) is 0 Å². The van der Waals surface area contributed by atoms with E-state index in [9.17, 15) is 0 Å². The van der Waals surface area contributed by atoms with Gasteiger partial charge in [-0.1, -0.05) is 125 Å². The molecule has 0 saturated heterocycles. The van der Waals surface area contributed by atoms with Crippen molar-refractivity contribution >= 4 is 192 Å². The van der Waals surface area contributed by atoms with Gasteiger partial charge in [-0.05, 0) is 163 Å². The van der Waals surface area contributed by atoms with Crippen LogP contribution in [0.3, 0.4) is 0 Å². The average Bonchev–Trinajstić information content (AvgIpc) is 4.24. The normalized spacial score (nSPS) is 10.0. The number of hydrogen-bond acceptors (Lipinski definition) is 12. The fraction of sp³-hybridized carbons (Fsp3) is 0.429. The second-order valence-electron chi connectivity index (χ2n) is 16.4. The van der Waals surface area contributed by atoms with Gasteiger partial charge >= 0.3 is 0 Å². The highest BCUT2D eigenvalue weighted by molar-refractivity contribution is 7.29. The highest BCUT2D eigenvalue weighted by Crippen LogP contribution is 2.39. The van der Waals surface area contributed by atoms with Crippen LogP contribution in [0.15, 0.2) is 86.9 Å². The van der Waals surface area contributed by atoms with E-state index in [1.54, 1.807) is 0 Å². The third kappa shape index (κ3) is 21.2. The van der Waals surface area contributed by atoms with Crippen LogP contribution in [0.5, 0.6) is 0 Å². The van der Waals surface area contributed by atoms with Crippen LogP contribution in [0.2, 0.25) is 0 Å². The van der Waals surface area contributed by atoms with E-state index >= 15 is 0 Å². The quantitative estimate of drug-likeness (QED) is 0.162. The molecule has 12 aromatic rings. The minimum absolute atomic E-state index is 0.309. The largest absolute Gasteiger partial charge is 0.143 e. The number of fused-ring (bicyclic) bond motifs is 6. The Bertz CT molecular complexity index is 3160. The molecule has 0 aliphatic heterocycles. The molecular weight excluding hydrogens is 1140 g/mol. The van der Waals surface area contributed by atoms with Gasteiger partial charge in [-0.15, -0.1) is 136 Å². The maximum absolute atomic E-state index is 2.32. The topological polar surface area (TPSA) is 0 Å². The zero-order valence-corrected chi connectivity index (χ0v) is 59.6. The van der Waals surface area contributed by atoms with Gasteiger partial charge in [-0.3, -0.25) is 0 Å². The summed E-state index contributed by atoms with van der Waals surface area (Å²) in [4.78, 5) is 8.84. The zero-order valence-electron chi connectivity index (χ0n) is 49.8. The highest BCUT2D eigenvalue weighted by Gasteiger charge is 2.17. The van der Waals surface area contributed by atoms with Crippen LogP contribution < -0.4 is 0 Å². The molecule has 0 aromatic carbocycles. The molecule has 0 aliphatic carbocycles. The number of thiophene rings is 12. The van der Waals surface area contributed by atoms with Gasteiger partial charge in [0.05, 0.1) is 0 Å². The molecule has 0 unspecified atom stereocenters. The van der Waals surface area contributed by atoms with Gasteiger partial charge in [-0.25, -0.2) is 0 Å². The monoisotopic (exact) mass is 1230 g/mol. The SMILES string of the molecule is CC.CC.CC.CC.CC.CC.CC(C)(C)c1cc2sccc2s1.CC(C)c1cc2sccc2s1.CCc1cc2sccc2s1.Cc1cc2sccc2s1.Cc1sc2c(C)csc2c1C.Cc1sc2ccsc2c1C. The third-order valence-electron chi connectivity index (χ3n) is 10.2. The summed E-state index contributed by atoms with van der Waals surface area (Å²) in [5.74, 6) is 0.680. The van der Waals surface area contributed by atoms with E-state index in [4.69, 9.17) is 0 Å². The predicted octanol–water partition coefficient (Wildman–Crippen LogP) is 28.8. The zero-order chi connectivity index (χ0) is 57.0. The molecule has 0 bridgehead atoms. The molecule has 0 N–H and O–H groups in total. The smallest absolute Gasteiger partial charge is 0.0485 e. The Labute approximate surface area is 503 Å². The van der Waals surface area contributed by atoms with Crippen LogP contribution in [0.4, 0.5) is 0 Å². The lowest BCUT2D eigenvalue weighted by atomic mass is 9.95. The molecule has 12 heteroatoms. The molecule has 12 rings (SSSR count). The third-order valence-corrected chi connectivity index (χ3v) is 24.4. The van der Waals surface area contributed by atoms with Crippen molar-refractivity contribution in [1.82, 2.24) is 0 Å². The summed E-state index contributed by atoms with van der Waals surface area (Å²) in [6.07, 6.45) is 1.17. The lowest BCUT2D eigenvalue weighted by molar-refractivity contribution is 0.604. The summed E-state index contributed by atoms with van der Waals surface area (Å²) >= 11 is 22.5. The van der Waals surface area contributed by atoms with Gasteiger partial charge in [0.1, 0.15) is 0 Å². The molecule has 0 amide bonds. The van der Waals surface area contributed by atoms with E-state index in [-0.39, 0.29) is 0 Å². The summed E-state index contributed by atoms with van der Waals surface area (Å²) in [5.41, 5.74) is 4.69. The highest BCUT2D eigenvalue weighted by atomic mass is 32.1. The van der Waals surface area contributed by atoms with Crippen LogP contribution in [-0.4, -0.2) is 0 Å². The molecule has 0 spiro atoms. The Kier molecular flexibility index (Phi) is 35.7. The van der Waals surface area contributed by atoms with Crippen LogP contribution >= 0.6 is 136 Å². The molecule has 0 atom stereocenters. The van der Waals surface area contributed by atoms with Crippen molar-refractivity contribution in [1.29, 1.82) is 0 Å². The van der Waals surface area contributed by atoms with Gasteiger partial charge in [0.25, 0.3) is 0 Å². The fourth-order valence-electron chi connectivity index (χ4n) is 6.34. The molecule has 0 aliphatic rings. The Morgan fingerprint density at radius 2 is 0.827 bits per heavy atom. The second-order valence-corrected chi connectivity index (χ2v) is 29.2. The molecular formula is C63H90S12. The first kappa shape index (κ1) is 71.0. The summed E-state index contributed by atoms with van der Waals surface area (Å²) in [7, 11) is 0. The van der Waals surface area contributed by atoms with Gasteiger partial charge < -0.3 is 0 Å². The van der Waals surface area contributed by atoms with Crippen molar-refractivity contribution in [2.24, 2.45) is 0 Å². The first-order valence-corrected chi connectivity index (χ1v) is 37.0. The molecule has 75 heavy (non-hydrogen) atoms. The molecule has 12 aromatic heterocycles. The van der Waals surface area contributed by atoms with Gasteiger partial charge in [0.15, 0.2) is 0 Å². The second kappa shape index (κ2) is 37.8. The maximum Gasteiger partial charge on any atom is 0.0485 e. The fourth-order valence-corrected chi connectivity index (χ4v) is 19.4. The first-order valence-electron chi connectivity index (χ1n) is 26.8. The van der Waals surface area contributed by atoms with Crippen molar-refractivity contribution in [2.75, 3.05) is 0 Å². The van der Waals surface area contributed by atoms with Crippen molar-refractivity contribution in [2.45, 2.75) is 184 Å². The Balaban J connectivity index is 0.000000433. The number of rotatable bonds is 2. The molecule has 12 heterocycles. The molecule has 0 fully saturated rings. The lowest BCUT2D eigenvalue weighted by Crippen LogP contribution is -2.07. The maximum atomic E-state index is 2.32. The minimum Gasteiger partial charge on any atom is -0.143 e. The summed E-state index contributed by atoms with van der Waals surface area (Å²) in [6.45, 7) is 50.6. The van der Waals surface area contributed by atoms with E-state index in [0.29, 0.717) is 11.3 Å². The van der Waals surface area contributed by atoms with Crippen molar-refractivity contribution < 1.29 is 0 Å². The molecule has 0 radical (unpaired) electrons. The van der Waals surface area contributed by atoms with Crippen LogP contribution in [0, 0.1) is 41.5 Å². The average molecular weight is 1230 g/mol. The van der Waals surface area contributed by atoms with Gasteiger partial charge in [0.2, 0.25) is 0 Å². The van der Waals surface area contributed by atoms with Gasteiger partial charge in [-0.2, -0.15) is 0 Å². The van der Waals surface area contributed by atoms with Crippen LogP contribution in [0.1, 0.15) is 176 Å². The van der Waals surface area contributed by atoms with Crippen molar-refractivity contribution in [3.05, 3.63) is 133 Å². The Morgan fingerprint density at radius 1 is 0.400 bits per heavy atom. The van der Waals surface area contributed by atoms with Crippen molar-refractivity contribution in [3.8, 4) is 0 Å². The van der Waals surface area contributed by atoms with Gasteiger partial charge in [0, 0.05) is 85.7 Å². The molecule has 0 saturated carbocycles. The van der Waals surface area contributed by atoms with E-state index < -0.39 is 0 Å². The number of hydrogen-bond donors (Lipinski definition) is 0. The van der Waals surface area contributed by atoms with E-state index in [1.165, 1.54) is 109 Å². The summed E-state index contributed by atoms with van der Waals surface area (Å²) < 4.78 is 17.4. The minimum atomic E-state index is 0.309. The van der Waals surface area contributed by atoms with E-state index in [1.807, 2.05) is 219 Å². The number of aryl methyl sites for hydroxylation is 7. The summed E-state index contributed by atoms with van der Waals surface area (Å²) in [6, 6.07) is 20.2. The molecule has 414 valence electrons. The Hall–Kier alpha value is -2.04. The standard InChI is InChI=1S/C10H12S2.2C9H10S2.2C8H8S2.C7H6S2.6C2H6/c1-10(2,3)9-6-8-7(12-9)4-5-11-8;1-5-4-10-9-6(2)7(3)11-8(5)9;1-6(2)8-5-9-7(11-8)3-4-10-9;1-5-6(2)10-7-3-4-9-8(5)7;1-2-6-5-8-7(10-6)3-4-9-8;1-5-4-7-6(9-5)2-3-8-7;6*1-2/h4-6H,1-3H3;4H,1-3H3;3-6H,1-2H3;3-4H,1-2H3;3-5H,2H2,1H3;2-4H,1H3;6*1-2H3. The van der Waals surface area contributed by atoms with E-state index in [0.717, 1.165) is 0 Å². The lowest BCUT2D eigenvalue weighted by Gasteiger charge is -2.14.